The molecule has 0 spiro atoms. The molecule has 1 aliphatic heterocycles. The minimum atomic E-state index is -0.301. The van der Waals surface area contributed by atoms with Gasteiger partial charge in [-0.05, 0) is 44.2 Å². The minimum absolute atomic E-state index is 0.0600. The second-order valence-corrected chi connectivity index (χ2v) is 7.55. The third-order valence-electron chi connectivity index (χ3n) is 5.31. The molecule has 162 valence electrons. The summed E-state index contributed by atoms with van der Waals surface area (Å²) in [4.78, 5) is 26.1. The fraction of sp³-hybridized carbons (Fsp3) is 0.364. The molecule has 8 nitrogen and oxygen atoms in total. The highest BCUT2D eigenvalue weighted by atomic mass is 19.1. The molecule has 0 radical (unpaired) electrons. The van der Waals surface area contributed by atoms with Gasteiger partial charge < -0.3 is 15.1 Å². The van der Waals surface area contributed by atoms with E-state index in [0.717, 1.165) is 23.6 Å². The van der Waals surface area contributed by atoms with Crippen molar-refractivity contribution in [3.63, 3.8) is 0 Å². The van der Waals surface area contributed by atoms with Crippen LogP contribution in [-0.2, 0) is 7.05 Å². The highest BCUT2D eigenvalue weighted by Gasteiger charge is 2.26. The number of rotatable bonds is 5. The van der Waals surface area contributed by atoms with E-state index in [0.29, 0.717) is 43.5 Å². The molecule has 9 heteroatoms. The van der Waals surface area contributed by atoms with Gasteiger partial charge in [0.05, 0.1) is 5.69 Å². The van der Waals surface area contributed by atoms with Crippen LogP contribution in [0.15, 0.2) is 36.4 Å². The smallest absolute Gasteiger partial charge is 0.272 e. The number of aromatic nitrogens is 4. The molecule has 3 aromatic rings. The van der Waals surface area contributed by atoms with Crippen molar-refractivity contribution in [3.8, 4) is 11.3 Å². The third kappa shape index (κ3) is 4.50. The Labute approximate surface area is 180 Å². The number of nitrogens with zero attached hydrogens (tertiary/aromatic N) is 6. The molecule has 0 bridgehead atoms. The van der Waals surface area contributed by atoms with Crippen molar-refractivity contribution in [1.82, 2.24) is 24.6 Å². The Morgan fingerprint density at radius 3 is 2.48 bits per heavy atom. The average Bonchev–Trinajstić information content (AvgIpc) is 3.15. The van der Waals surface area contributed by atoms with Gasteiger partial charge in [-0.2, -0.15) is 10.1 Å². The number of benzene rings is 1. The quantitative estimate of drug-likeness (QED) is 0.680. The molecular weight excluding hydrogens is 397 g/mol. The van der Waals surface area contributed by atoms with Crippen LogP contribution in [0.5, 0.6) is 0 Å². The first-order valence-electron chi connectivity index (χ1n) is 10.4. The normalized spacial score (nSPS) is 14.1. The number of piperazine rings is 1. The Kier molecular flexibility index (Phi) is 5.83. The van der Waals surface area contributed by atoms with E-state index in [-0.39, 0.29) is 11.7 Å². The predicted octanol–water partition coefficient (Wildman–Crippen LogP) is 2.72. The zero-order valence-corrected chi connectivity index (χ0v) is 18.0. The topological polar surface area (TPSA) is 79.2 Å². The summed E-state index contributed by atoms with van der Waals surface area (Å²) < 4.78 is 14.8. The standard InChI is InChI=1S/C22H26FN7O/c1-4-24-22-25-15(2)13-20(26-22)29-9-11-30(12-10-29)21(31)19-14-18(27-28(19)3)16-5-7-17(23)8-6-16/h5-8,13-14H,4,9-12H2,1-3H3,(H,24,25,26). The molecule has 0 unspecified atom stereocenters. The molecule has 0 atom stereocenters. The number of halogens is 1. The Bertz CT molecular complexity index is 1070. The molecule has 1 amide bonds. The Morgan fingerprint density at radius 2 is 1.81 bits per heavy atom. The van der Waals surface area contributed by atoms with Gasteiger partial charge in [-0.3, -0.25) is 9.48 Å². The van der Waals surface area contributed by atoms with Crippen LogP contribution in [0, 0.1) is 12.7 Å². The summed E-state index contributed by atoms with van der Waals surface area (Å²) >= 11 is 0. The van der Waals surface area contributed by atoms with Crippen molar-refractivity contribution in [1.29, 1.82) is 0 Å². The van der Waals surface area contributed by atoms with Gasteiger partial charge in [-0.1, -0.05) is 0 Å². The van der Waals surface area contributed by atoms with Crippen molar-refractivity contribution in [2.24, 2.45) is 7.05 Å². The van der Waals surface area contributed by atoms with Gasteiger partial charge in [0.25, 0.3) is 5.91 Å². The fourth-order valence-corrected chi connectivity index (χ4v) is 3.68. The van der Waals surface area contributed by atoms with Crippen LogP contribution in [0.3, 0.4) is 0 Å². The molecule has 31 heavy (non-hydrogen) atoms. The van der Waals surface area contributed by atoms with Crippen LogP contribution in [-0.4, -0.2) is 63.3 Å². The molecule has 4 rings (SSSR count). The van der Waals surface area contributed by atoms with Crippen LogP contribution >= 0.6 is 0 Å². The number of anilines is 2. The number of carbonyl (C=O) groups excluding carboxylic acids is 1. The highest BCUT2D eigenvalue weighted by Crippen LogP contribution is 2.22. The SMILES string of the molecule is CCNc1nc(C)cc(N2CCN(C(=O)c3cc(-c4ccc(F)cc4)nn3C)CC2)n1. The lowest BCUT2D eigenvalue weighted by Crippen LogP contribution is -2.49. The summed E-state index contributed by atoms with van der Waals surface area (Å²) in [6, 6.07) is 9.83. The predicted molar refractivity (Wildman–Crippen MR) is 118 cm³/mol. The van der Waals surface area contributed by atoms with Crippen LogP contribution in [0.25, 0.3) is 11.3 Å². The monoisotopic (exact) mass is 423 g/mol. The van der Waals surface area contributed by atoms with E-state index in [1.807, 2.05) is 24.8 Å². The Morgan fingerprint density at radius 1 is 1.10 bits per heavy atom. The molecule has 0 saturated carbocycles. The number of carbonyl (C=O) groups is 1. The first kappa shape index (κ1) is 20.8. The van der Waals surface area contributed by atoms with E-state index in [4.69, 9.17) is 0 Å². The first-order valence-corrected chi connectivity index (χ1v) is 10.4. The minimum Gasteiger partial charge on any atom is -0.354 e. The van der Waals surface area contributed by atoms with E-state index < -0.39 is 0 Å². The highest BCUT2D eigenvalue weighted by molar-refractivity contribution is 5.94. The average molecular weight is 423 g/mol. The molecule has 1 saturated heterocycles. The maximum Gasteiger partial charge on any atom is 0.272 e. The van der Waals surface area contributed by atoms with Crippen LogP contribution in [0.4, 0.5) is 16.2 Å². The molecule has 1 aromatic carbocycles. The van der Waals surface area contributed by atoms with Gasteiger partial charge in [0.1, 0.15) is 17.3 Å². The maximum atomic E-state index is 13.2. The van der Waals surface area contributed by atoms with Crippen molar-refractivity contribution in [3.05, 3.63) is 53.6 Å². The van der Waals surface area contributed by atoms with Gasteiger partial charge in [-0.15, -0.1) is 0 Å². The summed E-state index contributed by atoms with van der Waals surface area (Å²) in [5, 5.41) is 7.60. The molecule has 3 heterocycles. The van der Waals surface area contributed by atoms with Gasteiger partial charge in [0.15, 0.2) is 0 Å². The summed E-state index contributed by atoms with van der Waals surface area (Å²) in [6.45, 7) is 7.29. The van der Waals surface area contributed by atoms with E-state index >= 15 is 0 Å². The van der Waals surface area contributed by atoms with Crippen molar-refractivity contribution in [2.75, 3.05) is 42.9 Å². The molecular formula is C22H26FN7O. The summed E-state index contributed by atoms with van der Waals surface area (Å²) in [5.74, 6) is 1.13. The summed E-state index contributed by atoms with van der Waals surface area (Å²) in [5.41, 5.74) is 2.84. The summed E-state index contributed by atoms with van der Waals surface area (Å²) in [7, 11) is 1.75. The van der Waals surface area contributed by atoms with E-state index in [2.05, 4.69) is 25.3 Å². The number of amides is 1. The van der Waals surface area contributed by atoms with Crippen LogP contribution in [0.2, 0.25) is 0 Å². The fourth-order valence-electron chi connectivity index (χ4n) is 3.68. The maximum absolute atomic E-state index is 13.2. The first-order chi connectivity index (χ1) is 14.9. The molecule has 2 aromatic heterocycles. The van der Waals surface area contributed by atoms with Gasteiger partial charge in [-0.25, -0.2) is 9.37 Å². The lowest BCUT2D eigenvalue weighted by molar-refractivity contribution is 0.0735. The van der Waals surface area contributed by atoms with Gasteiger partial charge >= 0.3 is 0 Å². The van der Waals surface area contributed by atoms with Gasteiger partial charge in [0, 0.05) is 57.1 Å². The zero-order chi connectivity index (χ0) is 22.0. The molecule has 1 fully saturated rings. The lowest BCUT2D eigenvalue weighted by Gasteiger charge is -2.35. The number of hydrogen-bond acceptors (Lipinski definition) is 6. The van der Waals surface area contributed by atoms with Crippen molar-refractivity contribution < 1.29 is 9.18 Å². The Balaban J connectivity index is 1.45. The van der Waals surface area contributed by atoms with Gasteiger partial charge in [0.2, 0.25) is 5.95 Å². The second-order valence-electron chi connectivity index (χ2n) is 7.55. The number of hydrogen-bond donors (Lipinski definition) is 1. The second kappa shape index (κ2) is 8.71. The van der Waals surface area contributed by atoms with Crippen molar-refractivity contribution in [2.45, 2.75) is 13.8 Å². The molecule has 1 N–H and O–H groups in total. The zero-order valence-electron chi connectivity index (χ0n) is 18.0. The largest absolute Gasteiger partial charge is 0.354 e. The van der Waals surface area contributed by atoms with E-state index in [1.165, 1.54) is 12.1 Å². The van der Waals surface area contributed by atoms with Crippen LogP contribution < -0.4 is 10.2 Å². The van der Waals surface area contributed by atoms with E-state index in [1.54, 1.807) is 29.9 Å². The third-order valence-corrected chi connectivity index (χ3v) is 5.31. The van der Waals surface area contributed by atoms with E-state index in [9.17, 15) is 9.18 Å². The molecule has 0 aliphatic carbocycles. The lowest BCUT2D eigenvalue weighted by atomic mass is 10.1. The van der Waals surface area contributed by atoms with Crippen LogP contribution in [0.1, 0.15) is 23.1 Å². The number of nitrogens with one attached hydrogen (secondary N) is 1. The Hall–Kier alpha value is -3.49. The molecule has 1 aliphatic rings. The summed E-state index contributed by atoms with van der Waals surface area (Å²) in [6.07, 6.45) is 0. The van der Waals surface area contributed by atoms with Crippen molar-refractivity contribution >= 4 is 17.7 Å². The number of aryl methyl sites for hydroxylation is 2.